The molecule has 0 unspecified atom stereocenters. The van der Waals surface area contributed by atoms with Crippen molar-refractivity contribution in [1.29, 1.82) is 0 Å². The predicted molar refractivity (Wildman–Crippen MR) is 59.5 cm³/mol. The lowest BCUT2D eigenvalue weighted by Crippen LogP contribution is -2.41. The predicted octanol–water partition coefficient (Wildman–Crippen LogP) is 1.31. The maximum Gasteiger partial charge on any atom is 0.140 e. The molecule has 0 bridgehead atoms. The lowest BCUT2D eigenvalue weighted by molar-refractivity contribution is -0.0857. The second-order valence-corrected chi connectivity index (χ2v) is 4.21. The highest BCUT2D eigenvalue weighted by atomic mass is 16.5. The highest BCUT2D eigenvalue weighted by Gasteiger charge is 2.30. The van der Waals surface area contributed by atoms with E-state index in [4.69, 9.17) is 9.47 Å². The van der Waals surface area contributed by atoms with Gasteiger partial charge in [0.25, 0.3) is 0 Å². The Morgan fingerprint density at radius 2 is 2.25 bits per heavy atom. The van der Waals surface area contributed by atoms with Crippen molar-refractivity contribution in [3.63, 3.8) is 0 Å². The van der Waals surface area contributed by atoms with E-state index in [9.17, 15) is 5.11 Å². The molecule has 1 aromatic rings. The molecular weight excluding hydrogens is 206 g/mol. The maximum atomic E-state index is 10.2. The normalized spacial score (nSPS) is 19.4. The topological polar surface area (TPSA) is 51.6 Å². The summed E-state index contributed by atoms with van der Waals surface area (Å²) < 4.78 is 10.8. The molecule has 1 aromatic heterocycles. The minimum absolute atomic E-state index is 0.308. The Morgan fingerprint density at radius 3 is 2.94 bits per heavy atom. The van der Waals surface area contributed by atoms with Crippen molar-refractivity contribution in [3.8, 4) is 5.75 Å². The number of nitrogens with zero attached hydrogens (tertiary/aromatic N) is 1. The van der Waals surface area contributed by atoms with Crippen molar-refractivity contribution in [2.75, 3.05) is 19.8 Å². The van der Waals surface area contributed by atoms with E-state index in [-0.39, 0.29) is 0 Å². The average Bonchev–Trinajstić information content (AvgIpc) is 2.29. The van der Waals surface area contributed by atoms with Crippen LogP contribution in [-0.2, 0) is 4.74 Å². The van der Waals surface area contributed by atoms with E-state index in [1.54, 1.807) is 6.20 Å². The molecular formula is C12H17NO3. The Bertz CT molecular complexity index is 348. The fourth-order valence-corrected chi connectivity index (χ4v) is 1.73. The zero-order valence-corrected chi connectivity index (χ0v) is 9.48. The van der Waals surface area contributed by atoms with Gasteiger partial charge in [-0.25, -0.2) is 0 Å². The maximum absolute atomic E-state index is 10.2. The first kappa shape index (κ1) is 11.4. The molecule has 1 fully saturated rings. The molecule has 16 heavy (non-hydrogen) atoms. The molecule has 88 valence electrons. The first-order valence-electron chi connectivity index (χ1n) is 5.54. The van der Waals surface area contributed by atoms with Crippen LogP contribution in [-0.4, -0.2) is 35.5 Å². The largest absolute Gasteiger partial charge is 0.489 e. The van der Waals surface area contributed by atoms with E-state index >= 15 is 0 Å². The molecule has 0 atom stereocenters. The Labute approximate surface area is 95.2 Å². The number of aryl methyl sites for hydroxylation is 1. The highest BCUT2D eigenvalue weighted by molar-refractivity contribution is 5.25. The molecule has 0 spiro atoms. The summed E-state index contributed by atoms with van der Waals surface area (Å²) in [5, 5.41) is 10.2. The van der Waals surface area contributed by atoms with Gasteiger partial charge in [-0.2, -0.15) is 0 Å². The van der Waals surface area contributed by atoms with Crippen LogP contribution in [0.25, 0.3) is 0 Å². The Balaban J connectivity index is 1.94. The van der Waals surface area contributed by atoms with Crippen LogP contribution in [0.4, 0.5) is 0 Å². The quantitative estimate of drug-likeness (QED) is 0.839. The average molecular weight is 223 g/mol. The van der Waals surface area contributed by atoms with Crippen molar-refractivity contribution in [1.82, 2.24) is 4.98 Å². The minimum Gasteiger partial charge on any atom is -0.489 e. The van der Waals surface area contributed by atoms with Gasteiger partial charge in [-0.05, 0) is 19.1 Å². The fourth-order valence-electron chi connectivity index (χ4n) is 1.73. The van der Waals surface area contributed by atoms with E-state index in [1.165, 1.54) is 0 Å². The molecule has 0 saturated carbocycles. The van der Waals surface area contributed by atoms with Crippen LogP contribution in [0.2, 0.25) is 0 Å². The van der Waals surface area contributed by atoms with Crippen molar-refractivity contribution >= 4 is 0 Å². The van der Waals surface area contributed by atoms with Crippen molar-refractivity contribution in [2.45, 2.75) is 25.4 Å². The standard InChI is InChI=1S/C12H17NO3/c1-10-11(3-2-6-13-10)16-9-12(14)4-7-15-8-5-12/h2-3,6,14H,4-5,7-9H2,1H3. The number of aliphatic hydroxyl groups is 1. The van der Waals surface area contributed by atoms with Gasteiger partial charge in [0, 0.05) is 32.3 Å². The zero-order chi connectivity index (χ0) is 11.4. The third-order valence-corrected chi connectivity index (χ3v) is 2.88. The SMILES string of the molecule is Cc1ncccc1OCC1(O)CCOCC1. The molecule has 2 heterocycles. The van der Waals surface area contributed by atoms with Crippen molar-refractivity contribution in [3.05, 3.63) is 24.0 Å². The van der Waals surface area contributed by atoms with E-state index in [2.05, 4.69) is 4.98 Å². The summed E-state index contributed by atoms with van der Waals surface area (Å²) in [6.07, 6.45) is 2.99. The second-order valence-electron chi connectivity index (χ2n) is 4.21. The van der Waals surface area contributed by atoms with Crippen LogP contribution in [0.15, 0.2) is 18.3 Å². The van der Waals surface area contributed by atoms with Crippen molar-refractivity contribution in [2.24, 2.45) is 0 Å². The number of hydrogen-bond donors (Lipinski definition) is 1. The van der Waals surface area contributed by atoms with Gasteiger partial charge in [0.15, 0.2) is 0 Å². The highest BCUT2D eigenvalue weighted by Crippen LogP contribution is 2.23. The molecule has 1 N–H and O–H groups in total. The van der Waals surface area contributed by atoms with E-state index in [1.807, 2.05) is 19.1 Å². The Kier molecular flexibility index (Phi) is 3.41. The first-order valence-corrected chi connectivity index (χ1v) is 5.54. The monoisotopic (exact) mass is 223 g/mol. The summed E-state index contributed by atoms with van der Waals surface area (Å²) in [5.74, 6) is 0.738. The number of hydrogen-bond acceptors (Lipinski definition) is 4. The fraction of sp³-hybridized carbons (Fsp3) is 0.583. The van der Waals surface area contributed by atoms with Crippen LogP contribution < -0.4 is 4.74 Å². The molecule has 0 aromatic carbocycles. The summed E-state index contributed by atoms with van der Waals surface area (Å²) >= 11 is 0. The number of pyridine rings is 1. The van der Waals surface area contributed by atoms with Gasteiger partial charge in [-0.3, -0.25) is 4.98 Å². The molecule has 2 rings (SSSR count). The molecule has 0 amide bonds. The first-order chi connectivity index (χ1) is 7.70. The Hall–Kier alpha value is -1.13. The molecule has 4 nitrogen and oxygen atoms in total. The van der Waals surface area contributed by atoms with Crippen LogP contribution in [0, 0.1) is 6.92 Å². The van der Waals surface area contributed by atoms with Crippen LogP contribution >= 0.6 is 0 Å². The van der Waals surface area contributed by atoms with Crippen LogP contribution in [0.1, 0.15) is 18.5 Å². The number of rotatable bonds is 3. The van der Waals surface area contributed by atoms with Gasteiger partial charge in [-0.1, -0.05) is 0 Å². The minimum atomic E-state index is -0.749. The summed E-state index contributed by atoms with van der Waals surface area (Å²) in [5.41, 5.74) is 0.0960. The van der Waals surface area contributed by atoms with Crippen molar-refractivity contribution < 1.29 is 14.6 Å². The Morgan fingerprint density at radius 1 is 1.50 bits per heavy atom. The van der Waals surface area contributed by atoms with Gasteiger partial charge >= 0.3 is 0 Å². The van der Waals surface area contributed by atoms with Gasteiger partial charge in [0.05, 0.1) is 5.69 Å². The van der Waals surface area contributed by atoms with Gasteiger partial charge in [0.2, 0.25) is 0 Å². The summed E-state index contributed by atoms with van der Waals surface area (Å²) in [6.45, 7) is 3.41. The lowest BCUT2D eigenvalue weighted by atomic mass is 9.96. The summed E-state index contributed by atoms with van der Waals surface area (Å²) in [4.78, 5) is 4.13. The lowest BCUT2D eigenvalue weighted by Gasteiger charge is -2.31. The summed E-state index contributed by atoms with van der Waals surface area (Å²) in [7, 11) is 0. The van der Waals surface area contributed by atoms with Gasteiger partial charge < -0.3 is 14.6 Å². The van der Waals surface area contributed by atoms with Crippen LogP contribution in [0.5, 0.6) is 5.75 Å². The summed E-state index contributed by atoms with van der Waals surface area (Å²) in [6, 6.07) is 3.70. The third-order valence-electron chi connectivity index (χ3n) is 2.88. The molecule has 0 aliphatic carbocycles. The molecule has 4 heteroatoms. The van der Waals surface area contributed by atoms with E-state index in [0.29, 0.717) is 32.7 Å². The van der Waals surface area contributed by atoms with E-state index in [0.717, 1.165) is 11.4 Å². The van der Waals surface area contributed by atoms with Gasteiger partial charge in [-0.15, -0.1) is 0 Å². The second kappa shape index (κ2) is 4.80. The molecule has 1 saturated heterocycles. The smallest absolute Gasteiger partial charge is 0.140 e. The third kappa shape index (κ3) is 2.71. The molecule has 1 aliphatic rings. The van der Waals surface area contributed by atoms with Crippen LogP contribution in [0.3, 0.4) is 0 Å². The molecule has 0 radical (unpaired) electrons. The van der Waals surface area contributed by atoms with Gasteiger partial charge in [0.1, 0.15) is 18.0 Å². The number of aromatic nitrogens is 1. The number of ether oxygens (including phenoxy) is 2. The zero-order valence-electron chi connectivity index (χ0n) is 9.48. The molecule has 1 aliphatic heterocycles. The van der Waals surface area contributed by atoms with E-state index < -0.39 is 5.60 Å².